The van der Waals surface area contributed by atoms with E-state index in [0.29, 0.717) is 0 Å². The van der Waals surface area contributed by atoms with E-state index < -0.39 is 11.9 Å². The summed E-state index contributed by atoms with van der Waals surface area (Å²) in [6.07, 6.45) is 5.99. The first-order valence-electron chi connectivity index (χ1n) is 5.69. The number of aliphatic carboxylic acids is 1. The number of carbonyl (C=O) groups is 2. The number of imidazole rings is 1. The van der Waals surface area contributed by atoms with Gasteiger partial charge in [-0.3, -0.25) is 9.59 Å². The molecule has 3 N–H and O–H groups in total. The number of carbonyl (C=O) groups excluding carboxylic acids is 1. The molecule has 6 nitrogen and oxygen atoms in total. The van der Waals surface area contributed by atoms with Crippen molar-refractivity contribution in [3.63, 3.8) is 0 Å². The highest BCUT2D eigenvalue weighted by molar-refractivity contribution is 5.90. The average Bonchev–Trinajstić information content (AvgIpc) is 2.73. The Balaban J connectivity index is 1.87. The van der Waals surface area contributed by atoms with Gasteiger partial charge in [0.25, 0.3) is 5.91 Å². The average molecular weight is 237 g/mol. The van der Waals surface area contributed by atoms with Crippen molar-refractivity contribution in [2.24, 2.45) is 11.8 Å². The highest BCUT2D eigenvalue weighted by Crippen LogP contribution is 2.33. The summed E-state index contributed by atoms with van der Waals surface area (Å²) >= 11 is 0. The zero-order chi connectivity index (χ0) is 12.3. The molecule has 1 fully saturated rings. The lowest BCUT2D eigenvalue weighted by Crippen LogP contribution is -2.39. The molecule has 0 spiro atoms. The van der Waals surface area contributed by atoms with Crippen molar-refractivity contribution in [3.05, 3.63) is 18.2 Å². The number of H-pyrrole nitrogens is 1. The first-order chi connectivity index (χ1) is 8.18. The lowest BCUT2D eigenvalue weighted by molar-refractivity contribution is -0.144. The molecule has 1 heterocycles. The van der Waals surface area contributed by atoms with Crippen LogP contribution in [-0.4, -0.2) is 33.5 Å². The molecule has 1 aliphatic carbocycles. The lowest BCUT2D eigenvalue weighted by atomic mass is 9.76. The molecule has 92 valence electrons. The molecule has 0 saturated heterocycles. The molecule has 0 aliphatic heterocycles. The summed E-state index contributed by atoms with van der Waals surface area (Å²) in [5.41, 5.74) is 0. The molecule has 6 heteroatoms. The van der Waals surface area contributed by atoms with Crippen LogP contribution in [0.1, 0.15) is 29.9 Å². The quantitative estimate of drug-likeness (QED) is 0.700. The molecule has 1 saturated carbocycles. The number of amides is 1. The predicted molar refractivity (Wildman–Crippen MR) is 59.4 cm³/mol. The van der Waals surface area contributed by atoms with Gasteiger partial charge in [0.1, 0.15) is 0 Å². The molecule has 1 unspecified atom stereocenters. The molecule has 0 aromatic carbocycles. The second kappa shape index (κ2) is 4.99. The predicted octanol–water partition coefficient (Wildman–Crippen LogP) is 0.640. The van der Waals surface area contributed by atoms with Crippen LogP contribution in [0.2, 0.25) is 0 Å². The highest BCUT2D eigenvalue weighted by Gasteiger charge is 2.32. The van der Waals surface area contributed by atoms with Crippen LogP contribution in [0.25, 0.3) is 0 Å². The van der Waals surface area contributed by atoms with Gasteiger partial charge in [-0.2, -0.15) is 0 Å². The normalized spacial score (nSPS) is 17.2. The van der Waals surface area contributed by atoms with Gasteiger partial charge in [0, 0.05) is 18.9 Å². The fourth-order valence-electron chi connectivity index (χ4n) is 1.97. The number of aromatic amines is 1. The summed E-state index contributed by atoms with van der Waals surface area (Å²) in [5.74, 6) is -1.27. The van der Waals surface area contributed by atoms with Crippen LogP contribution in [0.4, 0.5) is 0 Å². The Kier molecular flexibility index (Phi) is 3.41. The second-order valence-electron chi connectivity index (χ2n) is 4.28. The van der Waals surface area contributed by atoms with E-state index in [2.05, 4.69) is 15.3 Å². The minimum atomic E-state index is -0.838. The fraction of sp³-hybridized carbons (Fsp3) is 0.545. The molecular weight excluding hydrogens is 222 g/mol. The van der Waals surface area contributed by atoms with E-state index in [4.69, 9.17) is 5.11 Å². The summed E-state index contributed by atoms with van der Waals surface area (Å²) in [6.45, 7) is 0.166. The third kappa shape index (κ3) is 2.64. The molecular formula is C11H15N3O3. The van der Waals surface area contributed by atoms with Crippen molar-refractivity contribution in [1.82, 2.24) is 15.3 Å². The van der Waals surface area contributed by atoms with E-state index in [1.807, 2.05) is 0 Å². The zero-order valence-corrected chi connectivity index (χ0v) is 9.35. The number of nitrogens with one attached hydrogen (secondary N) is 2. The fourth-order valence-corrected chi connectivity index (χ4v) is 1.97. The number of aromatic nitrogens is 2. The smallest absolute Gasteiger partial charge is 0.308 e. The third-order valence-corrected chi connectivity index (χ3v) is 3.23. The first-order valence-corrected chi connectivity index (χ1v) is 5.69. The lowest BCUT2D eigenvalue weighted by Gasteiger charge is -2.31. The van der Waals surface area contributed by atoms with Crippen molar-refractivity contribution in [2.45, 2.75) is 19.3 Å². The number of rotatable bonds is 5. The maximum absolute atomic E-state index is 11.6. The molecule has 2 rings (SSSR count). The van der Waals surface area contributed by atoms with E-state index >= 15 is 0 Å². The molecule has 1 aliphatic rings. The Morgan fingerprint density at radius 3 is 2.82 bits per heavy atom. The minimum absolute atomic E-state index is 0.166. The number of carboxylic acid groups (broad SMARTS) is 1. The number of hydrogen-bond acceptors (Lipinski definition) is 3. The van der Waals surface area contributed by atoms with Gasteiger partial charge in [-0.15, -0.1) is 0 Å². The number of nitrogens with zero attached hydrogens (tertiary/aromatic N) is 1. The van der Waals surface area contributed by atoms with Gasteiger partial charge < -0.3 is 15.4 Å². The van der Waals surface area contributed by atoms with Crippen LogP contribution in [-0.2, 0) is 4.79 Å². The first kappa shape index (κ1) is 11.6. The topological polar surface area (TPSA) is 95.1 Å². The van der Waals surface area contributed by atoms with Crippen LogP contribution >= 0.6 is 0 Å². The van der Waals surface area contributed by atoms with E-state index in [-0.39, 0.29) is 24.2 Å². The number of carboxylic acids is 1. The highest BCUT2D eigenvalue weighted by atomic mass is 16.4. The third-order valence-electron chi connectivity index (χ3n) is 3.23. The van der Waals surface area contributed by atoms with Crippen molar-refractivity contribution in [2.75, 3.05) is 6.54 Å². The summed E-state index contributed by atoms with van der Waals surface area (Å²) in [4.78, 5) is 29.1. The molecule has 1 amide bonds. The Morgan fingerprint density at radius 2 is 2.35 bits per heavy atom. The SMILES string of the molecule is O=C(NCC(C(=O)O)C1CCC1)c1ncc[nH]1. The summed E-state index contributed by atoms with van der Waals surface area (Å²) in [5, 5.41) is 11.7. The van der Waals surface area contributed by atoms with Gasteiger partial charge in [-0.05, 0) is 18.8 Å². The number of hydrogen-bond donors (Lipinski definition) is 3. The van der Waals surface area contributed by atoms with E-state index in [9.17, 15) is 9.59 Å². The van der Waals surface area contributed by atoms with Crippen LogP contribution in [0.3, 0.4) is 0 Å². The maximum atomic E-state index is 11.6. The maximum Gasteiger partial charge on any atom is 0.308 e. The van der Waals surface area contributed by atoms with Crippen molar-refractivity contribution in [1.29, 1.82) is 0 Å². The van der Waals surface area contributed by atoms with Gasteiger partial charge >= 0.3 is 5.97 Å². The molecule has 1 atom stereocenters. The Morgan fingerprint density at radius 1 is 1.59 bits per heavy atom. The van der Waals surface area contributed by atoms with Gasteiger partial charge in [-0.25, -0.2) is 4.98 Å². The van der Waals surface area contributed by atoms with E-state index in [1.54, 1.807) is 6.20 Å². The standard InChI is InChI=1S/C11H15N3O3/c15-10(9-12-4-5-13-9)14-6-8(11(16)17)7-2-1-3-7/h4-5,7-8H,1-3,6H2,(H,12,13)(H,14,15)(H,16,17). The summed E-state index contributed by atoms with van der Waals surface area (Å²) in [6, 6.07) is 0. The van der Waals surface area contributed by atoms with Gasteiger partial charge in [0.05, 0.1) is 5.92 Å². The Bertz CT molecular complexity index is 398. The minimum Gasteiger partial charge on any atom is -0.481 e. The van der Waals surface area contributed by atoms with Crippen LogP contribution < -0.4 is 5.32 Å². The summed E-state index contributed by atoms with van der Waals surface area (Å²) < 4.78 is 0. The molecule has 0 radical (unpaired) electrons. The monoisotopic (exact) mass is 237 g/mol. The Hall–Kier alpha value is -1.85. The van der Waals surface area contributed by atoms with Crippen molar-refractivity contribution >= 4 is 11.9 Å². The molecule has 17 heavy (non-hydrogen) atoms. The van der Waals surface area contributed by atoms with Gasteiger partial charge in [0.2, 0.25) is 0 Å². The zero-order valence-electron chi connectivity index (χ0n) is 9.35. The second-order valence-corrected chi connectivity index (χ2v) is 4.28. The largest absolute Gasteiger partial charge is 0.481 e. The Labute approximate surface area is 98.4 Å². The van der Waals surface area contributed by atoms with Crippen LogP contribution in [0, 0.1) is 11.8 Å². The van der Waals surface area contributed by atoms with Crippen molar-refractivity contribution in [3.8, 4) is 0 Å². The molecule has 1 aromatic heterocycles. The summed E-state index contributed by atoms with van der Waals surface area (Å²) in [7, 11) is 0. The van der Waals surface area contributed by atoms with E-state index in [1.165, 1.54) is 6.20 Å². The van der Waals surface area contributed by atoms with E-state index in [0.717, 1.165) is 19.3 Å². The van der Waals surface area contributed by atoms with Crippen LogP contribution in [0.5, 0.6) is 0 Å². The van der Waals surface area contributed by atoms with Gasteiger partial charge in [-0.1, -0.05) is 6.42 Å². The molecule has 0 bridgehead atoms. The molecule has 1 aromatic rings. The van der Waals surface area contributed by atoms with Gasteiger partial charge in [0.15, 0.2) is 5.82 Å². The van der Waals surface area contributed by atoms with Crippen molar-refractivity contribution < 1.29 is 14.7 Å². The van der Waals surface area contributed by atoms with Crippen LogP contribution in [0.15, 0.2) is 12.4 Å².